The molecule has 6 nitrogen and oxygen atoms in total. The number of hydrogen-bond donors (Lipinski definition) is 2. The van der Waals surface area contributed by atoms with Crippen molar-refractivity contribution in [1.29, 1.82) is 0 Å². The van der Waals surface area contributed by atoms with E-state index in [9.17, 15) is 14.3 Å². The zero-order chi connectivity index (χ0) is 28.9. The number of carbonyl (C=O) groups is 1. The maximum Gasteiger partial charge on any atom is 0.320 e. The summed E-state index contributed by atoms with van der Waals surface area (Å²) in [5.74, 6) is 0.0653. The molecule has 0 spiro atoms. The molecule has 1 unspecified atom stereocenters. The number of rotatable bonds is 11. The molecular formula is C34H45FN4O2. The van der Waals surface area contributed by atoms with Gasteiger partial charge in [-0.15, -0.1) is 0 Å². The van der Waals surface area contributed by atoms with Crippen molar-refractivity contribution in [3.05, 3.63) is 89.0 Å². The van der Waals surface area contributed by atoms with Crippen molar-refractivity contribution >= 4 is 5.97 Å². The molecular weight excluding hydrogens is 515 g/mol. The highest BCUT2D eigenvalue weighted by Gasteiger charge is 2.39. The van der Waals surface area contributed by atoms with E-state index in [0.29, 0.717) is 11.8 Å². The lowest BCUT2D eigenvalue weighted by atomic mass is 9.87. The molecule has 4 atom stereocenters. The zero-order valence-corrected chi connectivity index (χ0v) is 24.7. The Labute approximate surface area is 244 Å². The van der Waals surface area contributed by atoms with Crippen LogP contribution in [-0.4, -0.2) is 57.5 Å². The quantitative estimate of drug-likeness (QED) is 0.298. The Bertz CT molecular complexity index is 1280. The van der Waals surface area contributed by atoms with E-state index in [4.69, 9.17) is 5.10 Å². The van der Waals surface area contributed by atoms with Gasteiger partial charge in [-0.2, -0.15) is 5.10 Å². The molecule has 220 valence electrons. The van der Waals surface area contributed by atoms with Crippen LogP contribution in [0.4, 0.5) is 4.39 Å². The van der Waals surface area contributed by atoms with E-state index in [1.807, 2.05) is 26.0 Å². The summed E-state index contributed by atoms with van der Waals surface area (Å²) in [5.41, 5.74) is 4.81. The second kappa shape index (κ2) is 13.3. The van der Waals surface area contributed by atoms with Crippen LogP contribution in [0.25, 0.3) is 0 Å². The Morgan fingerprint density at radius 3 is 2.49 bits per heavy atom. The van der Waals surface area contributed by atoms with Gasteiger partial charge in [0.25, 0.3) is 0 Å². The smallest absolute Gasteiger partial charge is 0.320 e. The molecule has 5 rings (SSSR count). The van der Waals surface area contributed by atoms with Gasteiger partial charge in [0.15, 0.2) is 0 Å². The van der Waals surface area contributed by atoms with Crippen LogP contribution in [0.1, 0.15) is 80.8 Å². The molecule has 3 aromatic rings. The van der Waals surface area contributed by atoms with E-state index in [-0.39, 0.29) is 23.7 Å². The van der Waals surface area contributed by atoms with Crippen molar-refractivity contribution in [2.75, 3.05) is 19.6 Å². The van der Waals surface area contributed by atoms with Gasteiger partial charge in [-0.05, 0) is 92.8 Å². The van der Waals surface area contributed by atoms with Gasteiger partial charge in [0.05, 0.1) is 5.69 Å². The number of nitrogens with zero attached hydrogens (tertiary/aromatic N) is 3. The first-order valence-electron chi connectivity index (χ1n) is 15.4. The SMILES string of the molecule is CCn1nc(Cc2ccccc2)cc1C1CCN(C[C@H]2CC(N[C@@H](C(=O)O)C(C)C)C[C@H]2c2cccc(F)c2)CC1. The Morgan fingerprint density at radius 1 is 1.07 bits per heavy atom. The second-order valence-corrected chi connectivity index (χ2v) is 12.4. The fraction of sp³-hybridized carbons (Fsp3) is 0.529. The van der Waals surface area contributed by atoms with Gasteiger partial charge >= 0.3 is 5.97 Å². The van der Waals surface area contributed by atoms with Crippen molar-refractivity contribution in [3.63, 3.8) is 0 Å². The van der Waals surface area contributed by atoms with Crippen LogP contribution >= 0.6 is 0 Å². The minimum absolute atomic E-state index is 0.00274. The van der Waals surface area contributed by atoms with Crippen molar-refractivity contribution in [1.82, 2.24) is 20.0 Å². The summed E-state index contributed by atoms with van der Waals surface area (Å²) in [5, 5.41) is 18.1. The highest BCUT2D eigenvalue weighted by molar-refractivity contribution is 5.73. The predicted octanol–water partition coefficient (Wildman–Crippen LogP) is 6.07. The molecule has 2 heterocycles. The number of aliphatic carboxylic acids is 1. The molecule has 2 aliphatic rings. The van der Waals surface area contributed by atoms with Gasteiger partial charge in [-0.1, -0.05) is 56.3 Å². The minimum atomic E-state index is -0.800. The molecule has 1 aromatic heterocycles. The molecule has 2 N–H and O–H groups in total. The third kappa shape index (κ3) is 7.25. The van der Waals surface area contributed by atoms with Gasteiger partial charge in [-0.3, -0.25) is 9.48 Å². The molecule has 0 amide bonds. The van der Waals surface area contributed by atoms with Crippen molar-refractivity contribution in [2.45, 2.75) is 83.3 Å². The lowest BCUT2D eigenvalue weighted by Crippen LogP contribution is -2.46. The molecule has 0 bridgehead atoms. The number of hydrogen-bond acceptors (Lipinski definition) is 4. The molecule has 1 aliphatic carbocycles. The number of aromatic nitrogens is 2. The second-order valence-electron chi connectivity index (χ2n) is 12.4. The van der Waals surface area contributed by atoms with Gasteiger partial charge in [0, 0.05) is 37.2 Å². The number of likely N-dealkylation sites (tertiary alicyclic amines) is 1. The highest BCUT2D eigenvalue weighted by Crippen LogP contribution is 2.42. The first-order valence-corrected chi connectivity index (χ1v) is 15.4. The average molecular weight is 561 g/mol. The van der Waals surface area contributed by atoms with E-state index in [1.54, 1.807) is 12.1 Å². The van der Waals surface area contributed by atoms with Crippen molar-refractivity contribution in [3.8, 4) is 0 Å². The van der Waals surface area contributed by atoms with Crippen LogP contribution in [0.2, 0.25) is 0 Å². The minimum Gasteiger partial charge on any atom is -0.480 e. The van der Waals surface area contributed by atoms with Crippen molar-refractivity contribution in [2.24, 2.45) is 11.8 Å². The largest absolute Gasteiger partial charge is 0.480 e. The predicted molar refractivity (Wildman–Crippen MR) is 161 cm³/mol. The van der Waals surface area contributed by atoms with Crippen LogP contribution in [-0.2, 0) is 17.8 Å². The molecule has 41 heavy (non-hydrogen) atoms. The van der Waals surface area contributed by atoms with Crippen LogP contribution in [0.5, 0.6) is 0 Å². The topological polar surface area (TPSA) is 70.4 Å². The number of aryl methyl sites for hydroxylation is 1. The van der Waals surface area contributed by atoms with Gasteiger partial charge < -0.3 is 15.3 Å². The summed E-state index contributed by atoms with van der Waals surface area (Å²) < 4.78 is 16.4. The number of halogens is 1. The summed E-state index contributed by atoms with van der Waals surface area (Å²) >= 11 is 0. The average Bonchev–Trinajstić information content (AvgIpc) is 3.56. The number of benzene rings is 2. The zero-order valence-electron chi connectivity index (χ0n) is 24.7. The lowest BCUT2D eigenvalue weighted by molar-refractivity contribution is -0.140. The van der Waals surface area contributed by atoms with Gasteiger partial charge in [0.2, 0.25) is 0 Å². The summed E-state index contributed by atoms with van der Waals surface area (Å²) in [6.45, 7) is 9.96. The fourth-order valence-electron chi connectivity index (χ4n) is 7.11. The number of nitrogens with one attached hydrogen (secondary N) is 1. The molecule has 2 fully saturated rings. The van der Waals surface area contributed by atoms with E-state index in [1.165, 1.54) is 17.3 Å². The van der Waals surface area contributed by atoms with E-state index < -0.39 is 12.0 Å². The van der Waals surface area contributed by atoms with E-state index >= 15 is 0 Å². The van der Waals surface area contributed by atoms with Crippen LogP contribution < -0.4 is 5.32 Å². The molecule has 1 saturated heterocycles. The van der Waals surface area contributed by atoms with Gasteiger partial charge in [0.1, 0.15) is 11.9 Å². The Kier molecular flexibility index (Phi) is 9.56. The number of carboxylic acid groups (broad SMARTS) is 1. The third-order valence-electron chi connectivity index (χ3n) is 9.21. The number of piperidine rings is 1. The van der Waals surface area contributed by atoms with Crippen LogP contribution in [0.15, 0.2) is 60.7 Å². The van der Waals surface area contributed by atoms with Crippen LogP contribution in [0, 0.1) is 17.7 Å². The van der Waals surface area contributed by atoms with Gasteiger partial charge in [-0.25, -0.2) is 4.39 Å². The monoisotopic (exact) mass is 560 g/mol. The fourth-order valence-corrected chi connectivity index (χ4v) is 7.11. The molecule has 2 aromatic carbocycles. The summed E-state index contributed by atoms with van der Waals surface area (Å²) in [6, 6.07) is 19.4. The molecule has 0 radical (unpaired) electrons. The summed E-state index contributed by atoms with van der Waals surface area (Å²) in [7, 11) is 0. The maximum atomic E-state index is 14.2. The summed E-state index contributed by atoms with van der Waals surface area (Å²) in [4.78, 5) is 14.5. The molecule has 1 aliphatic heterocycles. The Morgan fingerprint density at radius 2 is 1.83 bits per heavy atom. The van der Waals surface area contributed by atoms with E-state index in [2.05, 4.69) is 52.2 Å². The normalized spacial score (nSPS) is 22.8. The van der Waals surface area contributed by atoms with Crippen LogP contribution in [0.3, 0.4) is 0 Å². The first kappa shape index (κ1) is 29.5. The lowest BCUT2D eigenvalue weighted by Gasteiger charge is -2.35. The number of carboxylic acids is 1. The summed E-state index contributed by atoms with van der Waals surface area (Å²) in [6.07, 6.45) is 4.80. The van der Waals surface area contributed by atoms with E-state index in [0.717, 1.165) is 69.5 Å². The maximum absolute atomic E-state index is 14.2. The molecule has 1 saturated carbocycles. The molecule has 7 heteroatoms. The third-order valence-corrected chi connectivity index (χ3v) is 9.21. The standard InChI is InChI=1S/C34H45FN4O2/c1-4-39-32(21-30(37-39)17-24-9-6-5-7-10-24)25-13-15-38(16-14-25)22-27-19-29(36-33(23(2)3)34(40)41)20-31(27)26-11-8-12-28(35)18-26/h5-12,18,21,23,25,27,29,31,33,36H,4,13-17,19-20,22H2,1-3H3,(H,40,41)/t27-,29?,31+,33-/m1/s1. The highest BCUT2D eigenvalue weighted by atomic mass is 19.1. The Hall–Kier alpha value is -3.03. The Balaban J connectivity index is 1.24. The first-order chi connectivity index (χ1) is 19.8. The van der Waals surface area contributed by atoms with Crippen molar-refractivity contribution < 1.29 is 14.3 Å².